The SMILES string of the molecule is COc1cccc2c1OC(C)(C)[C@H]1CC3(CO[C@H]21)CN(Cc1ccccn1)C3. The lowest BCUT2D eigenvalue weighted by Gasteiger charge is -2.58. The monoisotopic (exact) mass is 380 g/mol. The first-order chi connectivity index (χ1) is 13.5. The van der Waals surface area contributed by atoms with Crippen LogP contribution in [0.1, 0.15) is 37.6 Å². The van der Waals surface area contributed by atoms with Crippen LogP contribution in [0.2, 0.25) is 0 Å². The zero-order chi connectivity index (χ0) is 19.4. The van der Waals surface area contributed by atoms with Crippen molar-refractivity contribution in [2.45, 2.75) is 38.5 Å². The van der Waals surface area contributed by atoms with E-state index in [9.17, 15) is 0 Å². The van der Waals surface area contributed by atoms with Gasteiger partial charge in [0.2, 0.25) is 0 Å². The van der Waals surface area contributed by atoms with Gasteiger partial charge in [0, 0.05) is 42.7 Å². The van der Waals surface area contributed by atoms with Gasteiger partial charge in [-0.05, 0) is 38.5 Å². The minimum atomic E-state index is -0.291. The van der Waals surface area contributed by atoms with E-state index >= 15 is 0 Å². The summed E-state index contributed by atoms with van der Waals surface area (Å²) in [6, 6.07) is 12.2. The van der Waals surface area contributed by atoms with Crippen LogP contribution in [0.3, 0.4) is 0 Å². The van der Waals surface area contributed by atoms with Gasteiger partial charge in [-0.1, -0.05) is 18.2 Å². The number of benzene rings is 1. The van der Waals surface area contributed by atoms with E-state index in [2.05, 4.69) is 41.9 Å². The summed E-state index contributed by atoms with van der Waals surface area (Å²) < 4.78 is 18.5. The van der Waals surface area contributed by atoms with Crippen LogP contribution in [0.15, 0.2) is 42.6 Å². The molecule has 5 rings (SSSR count). The Labute approximate surface area is 166 Å². The lowest BCUT2D eigenvalue weighted by molar-refractivity contribution is -0.200. The molecule has 0 N–H and O–H groups in total. The second kappa shape index (κ2) is 6.46. The van der Waals surface area contributed by atoms with Gasteiger partial charge in [0.05, 0.1) is 25.5 Å². The zero-order valence-corrected chi connectivity index (χ0v) is 16.9. The van der Waals surface area contributed by atoms with Gasteiger partial charge in [-0.3, -0.25) is 9.88 Å². The molecule has 2 fully saturated rings. The fourth-order valence-corrected chi connectivity index (χ4v) is 5.25. The van der Waals surface area contributed by atoms with Gasteiger partial charge in [0.15, 0.2) is 11.5 Å². The highest BCUT2D eigenvalue weighted by Crippen LogP contribution is 2.56. The van der Waals surface area contributed by atoms with E-state index in [1.807, 2.05) is 24.4 Å². The number of aromatic nitrogens is 1. The average molecular weight is 380 g/mol. The quantitative estimate of drug-likeness (QED) is 0.809. The summed E-state index contributed by atoms with van der Waals surface area (Å²) in [5.41, 5.74) is 2.20. The summed E-state index contributed by atoms with van der Waals surface area (Å²) in [7, 11) is 1.69. The molecule has 0 aliphatic carbocycles. The van der Waals surface area contributed by atoms with E-state index in [1.54, 1.807) is 7.11 Å². The predicted molar refractivity (Wildman–Crippen MR) is 106 cm³/mol. The number of nitrogens with zero attached hydrogens (tertiary/aromatic N) is 2. The molecule has 1 spiro atoms. The molecule has 0 unspecified atom stereocenters. The highest BCUT2D eigenvalue weighted by atomic mass is 16.5. The molecule has 2 atom stereocenters. The van der Waals surface area contributed by atoms with Crippen molar-refractivity contribution in [1.29, 1.82) is 0 Å². The molecule has 1 aromatic heterocycles. The van der Waals surface area contributed by atoms with E-state index < -0.39 is 0 Å². The third-order valence-corrected chi connectivity index (χ3v) is 6.61. The summed E-state index contributed by atoms with van der Waals surface area (Å²) in [6.45, 7) is 8.22. The highest BCUT2D eigenvalue weighted by molar-refractivity contribution is 5.50. The Kier molecular flexibility index (Phi) is 4.14. The maximum Gasteiger partial charge on any atom is 0.167 e. The van der Waals surface area contributed by atoms with Crippen LogP contribution in [0.5, 0.6) is 11.5 Å². The largest absolute Gasteiger partial charge is 0.493 e. The standard InChI is InChI=1S/C23H28N2O3/c1-22(2)18-11-23(13-25(14-23)12-16-7-4-5-10-24-16)15-27-20(18)17-8-6-9-19(26-3)21(17)28-22/h4-10,18,20H,11-15H2,1-3H3/t18-,20+/m0/s1. The van der Waals surface area contributed by atoms with Crippen molar-refractivity contribution in [3.63, 3.8) is 0 Å². The molecule has 28 heavy (non-hydrogen) atoms. The molecule has 1 aromatic carbocycles. The first kappa shape index (κ1) is 18.0. The highest BCUT2D eigenvalue weighted by Gasteiger charge is 2.56. The van der Waals surface area contributed by atoms with Crippen molar-refractivity contribution < 1.29 is 14.2 Å². The first-order valence-electron chi connectivity index (χ1n) is 10.1. The number of ether oxygens (including phenoxy) is 3. The van der Waals surface area contributed by atoms with Crippen molar-refractivity contribution in [1.82, 2.24) is 9.88 Å². The maximum atomic E-state index is 6.52. The summed E-state index contributed by atoms with van der Waals surface area (Å²) in [5.74, 6) is 1.97. The Morgan fingerprint density at radius 3 is 2.79 bits per heavy atom. The zero-order valence-electron chi connectivity index (χ0n) is 16.9. The van der Waals surface area contributed by atoms with Crippen LogP contribution in [-0.4, -0.2) is 42.3 Å². The molecule has 3 aliphatic rings. The maximum absolute atomic E-state index is 6.52. The smallest absolute Gasteiger partial charge is 0.167 e. The number of rotatable bonds is 3. The van der Waals surface area contributed by atoms with Crippen LogP contribution in [0.4, 0.5) is 0 Å². The van der Waals surface area contributed by atoms with Gasteiger partial charge >= 0.3 is 0 Å². The second-order valence-electron chi connectivity index (χ2n) is 9.09. The average Bonchev–Trinajstić information content (AvgIpc) is 2.67. The minimum Gasteiger partial charge on any atom is -0.493 e. The van der Waals surface area contributed by atoms with E-state index in [4.69, 9.17) is 14.2 Å². The van der Waals surface area contributed by atoms with Crippen molar-refractivity contribution in [3.05, 3.63) is 53.9 Å². The van der Waals surface area contributed by atoms with Crippen LogP contribution in [0.25, 0.3) is 0 Å². The van der Waals surface area contributed by atoms with Gasteiger partial charge in [-0.2, -0.15) is 0 Å². The van der Waals surface area contributed by atoms with E-state index in [-0.39, 0.29) is 17.1 Å². The Bertz CT molecular complexity index is 861. The van der Waals surface area contributed by atoms with Crippen LogP contribution >= 0.6 is 0 Å². The molecule has 5 nitrogen and oxygen atoms in total. The molecular weight excluding hydrogens is 352 g/mol. The van der Waals surface area contributed by atoms with Crippen LogP contribution in [-0.2, 0) is 11.3 Å². The third-order valence-electron chi connectivity index (χ3n) is 6.61. The summed E-state index contributed by atoms with van der Waals surface area (Å²) >= 11 is 0. The van der Waals surface area contributed by atoms with E-state index in [0.29, 0.717) is 5.92 Å². The van der Waals surface area contributed by atoms with Crippen molar-refractivity contribution in [3.8, 4) is 11.5 Å². The molecule has 0 saturated carbocycles. The molecule has 3 aliphatic heterocycles. The molecule has 0 radical (unpaired) electrons. The van der Waals surface area contributed by atoms with E-state index in [0.717, 1.165) is 55.4 Å². The second-order valence-corrected chi connectivity index (χ2v) is 9.09. The van der Waals surface area contributed by atoms with E-state index in [1.165, 1.54) is 0 Å². The van der Waals surface area contributed by atoms with Crippen molar-refractivity contribution >= 4 is 0 Å². The number of para-hydroxylation sites is 1. The summed E-state index contributed by atoms with van der Waals surface area (Å²) in [4.78, 5) is 6.93. The van der Waals surface area contributed by atoms with Gasteiger partial charge in [-0.15, -0.1) is 0 Å². The normalized spacial score (nSPS) is 27.2. The van der Waals surface area contributed by atoms with Gasteiger partial charge in [0.25, 0.3) is 0 Å². The molecule has 0 amide bonds. The van der Waals surface area contributed by atoms with Crippen LogP contribution < -0.4 is 9.47 Å². The minimum absolute atomic E-state index is 0.0734. The predicted octanol–water partition coefficient (Wildman–Crippen LogP) is 3.84. The molecule has 4 heterocycles. The fraction of sp³-hybridized carbons (Fsp3) is 0.522. The molecule has 2 saturated heterocycles. The molecule has 2 aromatic rings. The Morgan fingerprint density at radius 2 is 2.04 bits per heavy atom. The van der Waals surface area contributed by atoms with Crippen molar-refractivity contribution in [2.24, 2.45) is 11.3 Å². The number of likely N-dealkylation sites (tertiary alicyclic amines) is 1. The van der Waals surface area contributed by atoms with Gasteiger partial charge in [0.1, 0.15) is 5.60 Å². The Hall–Kier alpha value is -2.11. The molecule has 5 heteroatoms. The number of pyridine rings is 1. The number of methoxy groups -OCH3 is 1. The molecule has 0 bridgehead atoms. The molecular formula is C23H28N2O3. The molecule has 148 valence electrons. The van der Waals surface area contributed by atoms with Crippen molar-refractivity contribution in [2.75, 3.05) is 26.8 Å². The third kappa shape index (κ3) is 2.88. The number of hydrogen-bond donors (Lipinski definition) is 0. The summed E-state index contributed by atoms with van der Waals surface area (Å²) in [6.07, 6.45) is 3.07. The Balaban J connectivity index is 1.34. The number of hydrogen-bond acceptors (Lipinski definition) is 5. The van der Waals surface area contributed by atoms with Gasteiger partial charge < -0.3 is 14.2 Å². The lowest BCUT2D eigenvalue weighted by Crippen LogP contribution is -2.63. The number of fused-ring (bicyclic) bond motifs is 3. The fourth-order valence-electron chi connectivity index (χ4n) is 5.25. The topological polar surface area (TPSA) is 43.8 Å². The van der Waals surface area contributed by atoms with Gasteiger partial charge in [-0.25, -0.2) is 0 Å². The summed E-state index contributed by atoms with van der Waals surface area (Å²) in [5, 5.41) is 0. The first-order valence-corrected chi connectivity index (χ1v) is 10.1. The Morgan fingerprint density at radius 1 is 1.18 bits per heavy atom. The lowest BCUT2D eigenvalue weighted by atomic mass is 9.64. The van der Waals surface area contributed by atoms with Crippen LogP contribution in [0, 0.1) is 11.3 Å².